The highest BCUT2D eigenvalue weighted by Crippen LogP contribution is 2.08. The van der Waals surface area contributed by atoms with Gasteiger partial charge in [0, 0.05) is 7.05 Å². The smallest absolute Gasteiger partial charge is 0.128 e. The molecule has 0 amide bonds. The van der Waals surface area contributed by atoms with Crippen LogP contribution in [0.1, 0.15) is 12.7 Å². The van der Waals surface area contributed by atoms with Crippen molar-refractivity contribution in [1.29, 1.82) is 0 Å². The molecule has 11 heavy (non-hydrogen) atoms. The van der Waals surface area contributed by atoms with E-state index >= 15 is 0 Å². The molecule has 0 fully saturated rings. The van der Waals surface area contributed by atoms with Crippen LogP contribution in [-0.4, -0.2) is 16.1 Å². The molecule has 0 saturated heterocycles. The largest absolute Gasteiger partial charge is 0.321 e. The standard InChI is InChI=1S/C7H12ClN3/c1-3-9-5-7-10-4-6(8)11(7)2/h4,9H,3,5H2,1-2H3. The fourth-order valence-corrected chi connectivity index (χ4v) is 0.972. The Bertz CT molecular complexity index is 232. The number of rotatable bonds is 3. The van der Waals surface area contributed by atoms with Crippen molar-refractivity contribution in [2.45, 2.75) is 13.5 Å². The van der Waals surface area contributed by atoms with Gasteiger partial charge in [-0.25, -0.2) is 4.98 Å². The van der Waals surface area contributed by atoms with Crippen LogP contribution in [0.4, 0.5) is 0 Å². The summed E-state index contributed by atoms with van der Waals surface area (Å²) in [6.45, 7) is 3.79. The highest BCUT2D eigenvalue weighted by atomic mass is 35.5. The van der Waals surface area contributed by atoms with E-state index in [2.05, 4.69) is 17.2 Å². The van der Waals surface area contributed by atoms with Gasteiger partial charge in [0.1, 0.15) is 11.0 Å². The quantitative estimate of drug-likeness (QED) is 0.744. The van der Waals surface area contributed by atoms with Crippen molar-refractivity contribution < 1.29 is 0 Å². The lowest BCUT2D eigenvalue weighted by Gasteiger charge is -2.01. The van der Waals surface area contributed by atoms with Crippen molar-refractivity contribution in [3.05, 3.63) is 17.2 Å². The molecule has 0 aliphatic rings. The first kappa shape index (κ1) is 8.56. The number of hydrogen-bond acceptors (Lipinski definition) is 2. The van der Waals surface area contributed by atoms with Crippen LogP contribution in [-0.2, 0) is 13.6 Å². The molecule has 0 aromatic carbocycles. The van der Waals surface area contributed by atoms with E-state index in [1.165, 1.54) is 0 Å². The summed E-state index contributed by atoms with van der Waals surface area (Å²) in [5.74, 6) is 0.969. The molecule has 3 nitrogen and oxygen atoms in total. The van der Waals surface area contributed by atoms with Gasteiger partial charge >= 0.3 is 0 Å². The van der Waals surface area contributed by atoms with Crippen molar-refractivity contribution in [2.75, 3.05) is 6.54 Å². The number of hydrogen-bond donors (Lipinski definition) is 1. The molecule has 1 N–H and O–H groups in total. The molecule has 0 spiro atoms. The molecule has 1 aromatic rings. The first-order chi connectivity index (χ1) is 5.25. The van der Waals surface area contributed by atoms with Crippen LogP contribution in [0.2, 0.25) is 5.15 Å². The molecule has 0 aliphatic heterocycles. The predicted molar refractivity (Wildman–Crippen MR) is 45.6 cm³/mol. The molecule has 1 heterocycles. The third-order valence-electron chi connectivity index (χ3n) is 1.56. The zero-order chi connectivity index (χ0) is 8.27. The molecule has 1 rings (SSSR count). The normalized spacial score (nSPS) is 10.5. The Balaban J connectivity index is 2.63. The molecular weight excluding hydrogens is 162 g/mol. The Hall–Kier alpha value is -0.540. The van der Waals surface area contributed by atoms with Gasteiger partial charge in [-0.2, -0.15) is 0 Å². The maximum Gasteiger partial charge on any atom is 0.128 e. The second-order valence-electron chi connectivity index (χ2n) is 2.34. The molecule has 62 valence electrons. The lowest BCUT2D eigenvalue weighted by molar-refractivity contribution is 0.661. The first-order valence-electron chi connectivity index (χ1n) is 3.62. The van der Waals surface area contributed by atoms with Crippen molar-refractivity contribution in [3.8, 4) is 0 Å². The topological polar surface area (TPSA) is 29.9 Å². The fraction of sp³-hybridized carbons (Fsp3) is 0.571. The van der Waals surface area contributed by atoms with Crippen LogP contribution in [0.5, 0.6) is 0 Å². The van der Waals surface area contributed by atoms with Gasteiger partial charge in [0.15, 0.2) is 0 Å². The summed E-state index contributed by atoms with van der Waals surface area (Å²) in [5, 5.41) is 3.86. The van der Waals surface area contributed by atoms with E-state index in [1.54, 1.807) is 6.20 Å². The number of aromatic nitrogens is 2. The monoisotopic (exact) mass is 173 g/mol. The minimum atomic E-state index is 0.679. The SMILES string of the molecule is CCNCc1ncc(Cl)n1C. The average Bonchev–Trinajstić information content (AvgIpc) is 2.31. The van der Waals surface area contributed by atoms with Crippen LogP contribution in [0, 0.1) is 0 Å². The third-order valence-corrected chi connectivity index (χ3v) is 1.91. The Kier molecular flexibility index (Phi) is 2.91. The lowest BCUT2D eigenvalue weighted by atomic mass is 10.5. The van der Waals surface area contributed by atoms with Crippen LogP contribution < -0.4 is 5.32 Å². The summed E-state index contributed by atoms with van der Waals surface area (Å²) in [6, 6.07) is 0. The Morgan fingerprint density at radius 3 is 2.91 bits per heavy atom. The second-order valence-corrected chi connectivity index (χ2v) is 2.72. The predicted octanol–water partition coefficient (Wildman–Crippen LogP) is 1.18. The summed E-state index contributed by atoms with van der Waals surface area (Å²) in [6.07, 6.45) is 1.66. The van der Waals surface area contributed by atoms with Gasteiger partial charge in [0.05, 0.1) is 12.7 Å². The lowest BCUT2D eigenvalue weighted by Crippen LogP contribution is -2.15. The van der Waals surface area contributed by atoms with E-state index in [4.69, 9.17) is 11.6 Å². The molecule has 1 aromatic heterocycles. The molecule has 4 heteroatoms. The Morgan fingerprint density at radius 1 is 1.73 bits per heavy atom. The van der Waals surface area contributed by atoms with E-state index in [0.717, 1.165) is 18.9 Å². The van der Waals surface area contributed by atoms with Crippen LogP contribution in [0.15, 0.2) is 6.20 Å². The number of nitrogens with one attached hydrogen (secondary N) is 1. The summed E-state index contributed by atoms with van der Waals surface area (Å²) in [4.78, 5) is 4.12. The maximum atomic E-state index is 5.78. The molecule has 0 saturated carbocycles. The average molecular weight is 174 g/mol. The summed E-state index contributed by atoms with van der Waals surface area (Å²) >= 11 is 5.78. The van der Waals surface area contributed by atoms with Gasteiger partial charge < -0.3 is 9.88 Å². The minimum absolute atomic E-state index is 0.679. The van der Waals surface area contributed by atoms with Crippen LogP contribution >= 0.6 is 11.6 Å². The zero-order valence-corrected chi connectivity index (χ0v) is 7.52. The fourth-order valence-electron chi connectivity index (χ4n) is 0.825. The van der Waals surface area contributed by atoms with Gasteiger partial charge in [-0.1, -0.05) is 18.5 Å². The molecular formula is C7H12ClN3. The Morgan fingerprint density at radius 2 is 2.45 bits per heavy atom. The second kappa shape index (κ2) is 3.74. The Labute approximate surface area is 71.4 Å². The van der Waals surface area contributed by atoms with Crippen molar-refractivity contribution in [1.82, 2.24) is 14.9 Å². The first-order valence-corrected chi connectivity index (χ1v) is 4.00. The molecule has 0 bridgehead atoms. The van der Waals surface area contributed by atoms with Gasteiger partial charge in [-0.15, -0.1) is 0 Å². The molecule has 0 aliphatic carbocycles. The number of imidazole rings is 1. The maximum absolute atomic E-state index is 5.78. The van der Waals surface area contributed by atoms with Gasteiger partial charge in [0.2, 0.25) is 0 Å². The van der Waals surface area contributed by atoms with Crippen molar-refractivity contribution >= 4 is 11.6 Å². The highest BCUT2D eigenvalue weighted by molar-refractivity contribution is 6.29. The highest BCUT2D eigenvalue weighted by Gasteiger charge is 2.01. The van der Waals surface area contributed by atoms with Gasteiger partial charge in [-0.3, -0.25) is 0 Å². The van der Waals surface area contributed by atoms with Crippen molar-refractivity contribution in [2.24, 2.45) is 7.05 Å². The molecule has 0 unspecified atom stereocenters. The summed E-state index contributed by atoms with van der Waals surface area (Å²) < 4.78 is 1.87. The zero-order valence-electron chi connectivity index (χ0n) is 6.76. The third kappa shape index (κ3) is 1.94. The summed E-state index contributed by atoms with van der Waals surface area (Å²) in [5.41, 5.74) is 0. The molecule has 0 radical (unpaired) electrons. The number of halogens is 1. The van der Waals surface area contributed by atoms with Crippen LogP contribution in [0.3, 0.4) is 0 Å². The van der Waals surface area contributed by atoms with E-state index in [-0.39, 0.29) is 0 Å². The molecule has 0 atom stereocenters. The van der Waals surface area contributed by atoms with Crippen molar-refractivity contribution in [3.63, 3.8) is 0 Å². The van der Waals surface area contributed by atoms with Crippen LogP contribution in [0.25, 0.3) is 0 Å². The van der Waals surface area contributed by atoms with E-state index in [0.29, 0.717) is 5.15 Å². The minimum Gasteiger partial charge on any atom is -0.321 e. The summed E-state index contributed by atoms with van der Waals surface area (Å²) in [7, 11) is 1.90. The van der Waals surface area contributed by atoms with E-state index in [9.17, 15) is 0 Å². The number of nitrogens with zero attached hydrogens (tertiary/aromatic N) is 2. The van der Waals surface area contributed by atoms with E-state index in [1.807, 2.05) is 11.6 Å². The van der Waals surface area contributed by atoms with Gasteiger partial charge in [-0.05, 0) is 6.54 Å². The van der Waals surface area contributed by atoms with E-state index < -0.39 is 0 Å². The van der Waals surface area contributed by atoms with Gasteiger partial charge in [0.25, 0.3) is 0 Å².